The minimum absolute atomic E-state index is 0.0336. The van der Waals surface area contributed by atoms with Crippen LogP contribution in [-0.4, -0.2) is 35.6 Å². The van der Waals surface area contributed by atoms with E-state index in [0.717, 1.165) is 4.88 Å². The maximum Gasteiger partial charge on any atom is 0.254 e. The lowest BCUT2D eigenvalue weighted by Gasteiger charge is -2.19. The molecule has 0 spiro atoms. The average molecular weight is 305 g/mol. The fourth-order valence-electron chi connectivity index (χ4n) is 1.97. The van der Waals surface area contributed by atoms with Crippen LogP contribution in [0.15, 0.2) is 41.8 Å². The number of aliphatic hydroxyl groups excluding tert-OH is 1. The summed E-state index contributed by atoms with van der Waals surface area (Å²) in [5.41, 5.74) is 0.578. The van der Waals surface area contributed by atoms with Gasteiger partial charge in [-0.15, -0.1) is 11.3 Å². The van der Waals surface area contributed by atoms with E-state index in [4.69, 9.17) is 9.84 Å². The third-order valence-corrected chi connectivity index (χ3v) is 3.93. The molecule has 1 aromatic carbocycles. The lowest BCUT2D eigenvalue weighted by atomic mass is 10.2. The molecule has 1 heterocycles. The summed E-state index contributed by atoms with van der Waals surface area (Å²) < 4.78 is 5.70. The lowest BCUT2D eigenvalue weighted by Crippen LogP contribution is -2.33. The van der Waals surface area contributed by atoms with Crippen LogP contribution >= 0.6 is 11.3 Å². The first-order chi connectivity index (χ1) is 10.2. The monoisotopic (exact) mass is 305 g/mol. The summed E-state index contributed by atoms with van der Waals surface area (Å²) in [5.74, 6) is 0.586. The number of carbonyl (C=O) groups excluding carboxylic acids is 1. The van der Waals surface area contributed by atoms with E-state index in [1.165, 1.54) is 0 Å². The highest BCUT2D eigenvalue weighted by Crippen LogP contribution is 2.18. The van der Waals surface area contributed by atoms with Gasteiger partial charge >= 0.3 is 0 Å². The Kier molecular flexibility index (Phi) is 5.78. The zero-order valence-electron chi connectivity index (χ0n) is 12.0. The first-order valence-corrected chi connectivity index (χ1v) is 7.78. The van der Waals surface area contributed by atoms with Crippen molar-refractivity contribution in [3.05, 3.63) is 52.2 Å². The SMILES string of the molecule is CCN(CCO)C(=O)c1cccc(OCc2cccs2)c1. The van der Waals surface area contributed by atoms with Gasteiger partial charge in [0.05, 0.1) is 6.61 Å². The van der Waals surface area contributed by atoms with Gasteiger partial charge in [-0.25, -0.2) is 0 Å². The van der Waals surface area contributed by atoms with Gasteiger partial charge in [0, 0.05) is 23.5 Å². The van der Waals surface area contributed by atoms with Crippen molar-refractivity contribution in [3.8, 4) is 5.75 Å². The van der Waals surface area contributed by atoms with E-state index in [2.05, 4.69) is 0 Å². The molecule has 5 heteroatoms. The molecule has 1 amide bonds. The van der Waals surface area contributed by atoms with Crippen LogP contribution in [0.3, 0.4) is 0 Å². The highest BCUT2D eigenvalue weighted by Gasteiger charge is 2.14. The summed E-state index contributed by atoms with van der Waals surface area (Å²) >= 11 is 1.64. The van der Waals surface area contributed by atoms with E-state index in [0.29, 0.717) is 31.0 Å². The van der Waals surface area contributed by atoms with Crippen molar-refractivity contribution in [1.82, 2.24) is 4.90 Å². The predicted molar refractivity (Wildman–Crippen MR) is 83.8 cm³/mol. The minimum Gasteiger partial charge on any atom is -0.488 e. The van der Waals surface area contributed by atoms with Gasteiger partial charge in [-0.3, -0.25) is 4.79 Å². The Balaban J connectivity index is 2.04. The highest BCUT2D eigenvalue weighted by atomic mass is 32.1. The maximum absolute atomic E-state index is 12.3. The van der Waals surface area contributed by atoms with Crippen molar-refractivity contribution in [2.75, 3.05) is 19.7 Å². The molecule has 0 saturated heterocycles. The van der Waals surface area contributed by atoms with E-state index >= 15 is 0 Å². The van der Waals surface area contributed by atoms with Gasteiger partial charge in [-0.2, -0.15) is 0 Å². The number of amides is 1. The Hall–Kier alpha value is -1.85. The van der Waals surface area contributed by atoms with Gasteiger partial charge in [0.15, 0.2) is 0 Å². The van der Waals surface area contributed by atoms with Crippen LogP contribution < -0.4 is 4.74 Å². The molecule has 1 aromatic heterocycles. The first-order valence-electron chi connectivity index (χ1n) is 6.90. The fourth-order valence-corrected chi connectivity index (χ4v) is 2.59. The van der Waals surface area contributed by atoms with Gasteiger partial charge in [0.2, 0.25) is 0 Å². The molecule has 0 fully saturated rings. The first kappa shape index (κ1) is 15.5. The third kappa shape index (κ3) is 4.31. The number of ether oxygens (including phenoxy) is 1. The minimum atomic E-state index is -0.0897. The molecule has 0 radical (unpaired) electrons. The molecule has 2 rings (SSSR count). The molecule has 0 atom stereocenters. The molecule has 1 N–H and O–H groups in total. The lowest BCUT2D eigenvalue weighted by molar-refractivity contribution is 0.0731. The standard InChI is InChI=1S/C16H19NO3S/c1-2-17(8-9-18)16(19)13-5-3-6-14(11-13)20-12-15-7-4-10-21-15/h3-7,10-11,18H,2,8-9,12H2,1H3. The van der Waals surface area contributed by atoms with E-state index in [1.807, 2.05) is 36.6 Å². The smallest absolute Gasteiger partial charge is 0.254 e. The summed E-state index contributed by atoms with van der Waals surface area (Å²) in [6, 6.07) is 11.2. The fraction of sp³-hybridized carbons (Fsp3) is 0.312. The molecule has 4 nitrogen and oxygen atoms in total. The molecule has 2 aromatic rings. The maximum atomic E-state index is 12.3. The second-order valence-electron chi connectivity index (χ2n) is 4.50. The topological polar surface area (TPSA) is 49.8 Å². The molecule has 112 valence electrons. The molecule has 0 aliphatic heterocycles. The van der Waals surface area contributed by atoms with Gasteiger partial charge in [0.25, 0.3) is 5.91 Å². The summed E-state index contributed by atoms with van der Waals surface area (Å²) in [7, 11) is 0. The van der Waals surface area contributed by atoms with Crippen molar-refractivity contribution >= 4 is 17.2 Å². The molecular weight excluding hydrogens is 286 g/mol. The van der Waals surface area contributed by atoms with Crippen molar-refractivity contribution in [3.63, 3.8) is 0 Å². The normalized spacial score (nSPS) is 10.4. The van der Waals surface area contributed by atoms with E-state index in [-0.39, 0.29) is 12.5 Å². The number of rotatable bonds is 7. The highest BCUT2D eigenvalue weighted by molar-refractivity contribution is 7.09. The second-order valence-corrected chi connectivity index (χ2v) is 5.54. The number of likely N-dealkylation sites (N-methyl/N-ethyl adjacent to an activating group) is 1. The summed E-state index contributed by atoms with van der Waals surface area (Å²) in [5, 5.41) is 11.0. The number of carbonyl (C=O) groups is 1. The molecule has 0 unspecified atom stereocenters. The zero-order chi connectivity index (χ0) is 15.1. The largest absolute Gasteiger partial charge is 0.488 e. The van der Waals surface area contributed by atoms with Crippen LogP contribution in [0, 0.1) is 0 Å². The van der Waals surface area contributed by atoms with Crippen LogP contribution in [0.4, 0.5) is 0 Å². The van der Waals surface area contributed by atoms with Gasteiger partial charge in [-0.05, 0) is 36.6 Å². The summed E-state index contributed by atoms with van der Waals surface area (Å²) in [6.45, 7) is 3.28. The van der Waals surface area contributed by atoms with Crippen LogP contribution in [0.1, 0.15) is 22.2 Å². The van der Waals surface area contributed by atoms with Crippen molar-refractivity contribution < 1.29 is 14.6 Å². The van der Waals surface area contributed by atoms with Crippen molar-refractivity contribution in [2.24, 2.45) is 0 Å². The van der Waals surface area contributed by atoms with E-state index < -0.39 is 0 Å². The predicted octanol–water partition coefficient (Wildman–Crippen LogP) is 2.78. The molecule has 0 aliphatic rings. The van der Waals surface area contributed by atoms with Crippen LogP contribution in [0.2, 0.25) is 0 Å². The van der Waals surface area contributed by atoms with Gasteiger partial charge in [0.1, 0.15) is 12.4 Å². The Bertz CT molecular complexity index is 569. The molecule has 0 bridgehead atoms. The zero-order valence-corrected chi connectivity index (χ0v) is 12.8. The van der Waals surface area contributed by atoms with E-state index in [9.17, 15) is 4.79 Å². The number of hydrogen-bond acceptors (Lipinski definition) is 4. The van der Waals surface area contributed by atoms with Crippen LogP contribution in [0.5, 0.6) is 5.75 Å². The van der Waals surface area contributed by atoms with Crippen molar-refractivity contribution in [2.45, 2.75) is 13.5 Å². The van der Waals surface area contributed by atoms with Gasteiger partial charge < -0.3 is 14.7 Å². The number of aliphatic hydroxyl groups is 1. The van der Waals surface area contributed by atoms with E-state index in [1.54, 1.807) is 28.4 Å². The quantitative estimate of drug-likeness (QED) is 0.856. The Morgan fingerprint density at radius 1 is 1.33 bits per heavy atom. The van der Waals surface area contributed by atoms with Crippen LogP contribution in [-0.2, 0) is 6.61 Å². The number of nitrogens with zero attached hydrogens (tertiary/aromatic N) is 1. The summed E-state index contributed by atoms with van der Waals surface area (Å²) in [6.07, 6.45) is 0. The molecular formula is C16H19NO3S. The Morgan fingerprint density at radius 3 is 2.86 bits per heavy atom. The molecule has 0 aliphatic carbocycles. The van der Waals surface area contributed by atoms with Gasteiger partial charge in [-0.1, -0.05) is 12.1 Å². The van der Waals surface area contributed by atoms with Crippen LogP contribution in [0.25, 0.3) is 0 Å². The molecule has 0 saturated carbocycles. The second kappa shape index (κ2) is 7.81. The Morgan fingerprint density at radius 2 is 2.19 bits per heavy atom. The summed E-state index contributed by atoms with van der Waals surface area (Å²) in [4.78, 5) is 15.1. The number of thiophene rings is 1. The third-order valence-electron chi connectivity index (χ3n) is 3.08. The number of hydrogen-bond donors (Lipinski definition) is 1. The number of benzene rings is 1. The average Bonchev–Trinajstić information content (AvgIpc) is 3.03. The Labute approximate surface area is 128 Å². The van der Waals surface area contributed by atoms with Crippen molar-refractivity contribution in [1.29, 1.82) is 0 Å². The molecule has 21 heavy (non-hydrogen) atoms.